The Labute approximate surface area is 120 Å². The molecule has 1 aromatic rings. The van der Waals surface area contributed by atoms with Crippen molar-refractivity contribution in [1.29, 1.82) is 0 Å². The second-order valence-corrected chi connectivity index (χ2v) is 5.42. The molecule has 1 aliphatic rings. The molecule has 1 saturated heterocycles. The molecule has 1 fully saturated rings. The molecule has 0 spiro atoms. The van der Waals surface area contributed by atoms with E-state index in [9.17, 15) is 4.79 Å². The Morgan fingerprint density at radius 2 is 2.30 bits per heavy atom. The predicted octanol–water partition coefficient (Wildman–Crippen LogP) is 1.62. The van der Waals surface area contributed by atoms with Crippen molar-refractivity contribution in [2.75, 3.05) is 31.2 Å². The van der Waals surface area contributed by atoms with Gasteiger partial charge in [0.25, 0.3) is 0 Å². The number of amides is 1. The third-order valence-corrected chi connectivity index (χ3v) is 3.95. The van der Waals surface area contributed by atoms with E-state index in [-0.39, 0.29) is 12.0 Å². The average molecular weight is 277 g/mol. The van der Waals surface area contributed by atoms with Gasteiger partial charge in [0.1, 0.15) is 0 Å². The number of carbonyl (C=O) groups is 1. The van der Waals surface area contributed by atoms with Gasteiger partial charge in [0.15, 0.2) is 0 Å². The van der Waals surface area contributed by atoms with Crippen LogP contribution in [0.1, 0.15) is 18.9 Å². The molecule has 2 unspecified atom stereocenters. The average Bonchev–Trinajstić information content (AvgIpc) is 2.81. The summed E-state index contributed by atoms with van der Waals surface area (Å²) in [5.41, 5.74) is 8.21. The fourth-order valence-electron chi connectivity index (χ4n) is 2.62. The van der Waals surface area contributed by atoms with Crippen molar-refractivity contribution in [3.63, 3.8) is 0 Å². The summed E-state index contributed by atoms with van der Waals surface area (Å²) in [7, 11) is 1.96. The van der Waals surface area contributed by atoms with Gasteiger partial charge in [-0.25, -0.2) is 0 Å². The minimum atomic E-state index is -0.0275. The number of carbonyl (C=O) groups excluding carboxylic acids is 1. The zero-order valence-electron chi connectivity index (χ0n) is 12.3. The minimum absolute atomic E-state index is 0.0275. The maximum atomic E-state index is 12.1. The quantitative estimate of drug-likeness (QED) is 0.821. The highest BCUT2D eigenvalue weighted by Gasteiger charge is 2.28. The fourth-order valence-corrected chi connectivity index (χ4v) is 2.62. The van der Waals surface area contributed by atoms with Gasteiger partial charge in [0.2, 0.25) is 5.91 Å². The van der Waals surface area contributed by atoms with Gasteiger partial charge in [-0.3, -0.25) is 9.69 Å². The van der Waals surface area contributed by atoms with Gasteiger partial charge in [0.05, 0.1) is 12.6 Å². The number of benzene rings is 1. The Morgan fingerprint density at radius 1 is 1.55 bits per heavy atom. The zero-order chi connectivity index (χ0) is 14.7. The molecule has 1 heterocycles. The van der Waals surface area contributed by atoms with E-state index in [1.807, 2.05) is 39.1 Å². The van der Waals surface area contributed by atoms with E-state index in [2.05, 4.69) is 10.2 Å². The van der Waals surface area contributed by atoms with Crippen molar-refractivity contribution in [1.82, 2.24) is 4.90 Å². The molecule has 0 radical (unpaired) electrons. The lowest BCUT2D eigenvalue weighted by molar-refractivity contribution is -0.117. The molecule has 2 rings (SSSR count). The summed E-state index contributed by atoms with van der Waals surface area (Å²) in [5.74, 6) is -0.0275. The predicted molar refractivity (Wildman–Crippen MR) is 80.7 cm³/mol. The van der Waals surface area contributed by atoms with E-state index in [0.717, 1.165) is 24.3 Å². The second-order valence-electron chi connectivity index (χ2n) is 5.42. The number of nitrogen functional groups attached to an aromatic ring is 1. The number of hydrogen-bond donors (Lipinski definition) is 2. The first kappa shape index (κ1) is 14.8. The van der Waals surface area contributed by atoms with Crippen LogP contribution in [0.25, 0.3) is 0 Å². The van der Waals surface area contributed by atoms with Crippen LogP contribution in [0, 0.1) is 6.92 Å². The lowest BCUT2D eigenvalue weighted by Crippen LogP contribution is -2.41. The Kier molecular flexibility index (Phi) is 4.62. The summed E-state index contributed by atoms with van der Waals surface area (Å²) in [4.78, 5) is 14.2. The molecule has 1 aromatic carbocycles. The molecule has 5 heteroatoms. The van der Waals surface area contributed by atoms with E-state index in [0.29, 0.717) is 18.3 Å². The largest absolute Gasteiger partial charge is 0.398 e. The first-order valence-corrected chi connectivity index (χ1v) is 6.96. The summed E-state index contributed by atoms with van der Waals surface area (Å²) in [6.07, 6.45) is 1.16. The highest BCUT2D eigenvalue weighted by Crippen LogP contribution is 2.21. The first-order chi connectivity index (χ1) is 9.49. The van der Waals surface area contributed by atoms with Gasteiger partial charge in [-0.15, -0.1) is 0 Å². The number of likely N-dealkylation sites (N-methyl/N-ethyl adjacent to an activating group) is 1. The number of nitrogens with zero attached hydrogens (tertiary/aromatic N) is 1. The number of rotatable bonds is 4. The Hall–Kier alpha value is -1.59. The van der Waals surface area contributed by atoms with Gasteiger partial charge in [-0.05, 0) is 45.0 Å². The Morgan fingerprint density at radius 3 is 2.95 bits per heavy atom. The van der Waals surface area contributed by atoms with Gasteiger partial charge < -0.3 is 15.8 Å². The molecule has 0 aromatic heterocycles. The third kappa shape index (κ3) is 3.29. The molecule has 0 aliphatic carbocycles. The van der Waals surface area contributed by atoms with Crippen molar-refractivity contribution in [3.8, 4) is 0 Å². The van der Waals surface area contributed by atoms with Gasteiger partial charge in [-0.1, -0.05) is 6.07 Å². The van der Waals surface area contributed by atoms with E-state index in [1.165, 1.54) is 0 Å². The van der Waals surface area contributed by atoms with Crippen LogP contribution in [0.5, 0.6) is 0 Å². The molecular formula is C15H23N3O2. The summed E-state index contributed by atoms with van der Waals surface area (Å²) in [5, 5.41) is 2.92. The Balaban J connectivity index is 1.93. The van der Waals surface area contributed by atoms with Gasteiger partial charge >= 0.3 is 0 Å². The number of ether oxygens (including phenoxy) is 1. The molecule has 5 nitrogen and oxygen atoms in total. The molecule has 2 atom stereocenters. The zero-order valence-corrected chi connectivity index (χ0v) is 12.3. The van der Waals surface area contributed by atoms with Crippen molar-refractivity contribution in [2.45, 2.75) is 32.4 Å². The highest BCUT2D eigenvalue weighted by molar-refractivity contribution is 5.93. The van der Waals surface area contributed by atoms with Crippen LogP contribution >= 0.6 is 0 Å². The normalized spacial score (nSPS) is 22.2. The van der Waals surface area contributed by atoms with E-state index < -0.39 is 0 Å². The van der Waals surface area contributed by atoms with Crippen molar-refractivity contribution >= 4 is 17.3 Å². The molecular weight excluding hydrogens is 254 g/mol. The number of nitrogens with two attached hydrogens (primary N) is 1. The highest BCUT2D eigenvalue weighted by atomic mass is 16.5. The minimum Gasteiger partial charge on any atom is -0.398 e. The standard InChI is InChI=1S/C15H23N3O2/c1-10-12(16)5-4-6-13(10)17-15(19)9-18(3)14-7-8-20-11(14)2/h4-6,11,14H,7-9,16H2,1-3H3,(H,17,19). The van der Waals surface area contributed by atoms with E-state index >= 15 is 0 Å². The fraction of sp³-hybridized carbons (Fsp3) is 0.533. The first-order valence-electron chi connectivity index (χ1n) is 6.96. The molecule has 110 valence electrons. The van der Waals surface area contributed by atoms with Crippen LogP contribution < -0.4 is 11.1 Å². The maximum Gasteiger partial charge on any atom is 0.238 e. The van der Waals surface area contributed by atoms with Gasteiger partial charge in [0, 0.05) is 24.0 Å². The van der Waals surface area contributed by atoms with Crippen LogP contribution in [0.15, 0.2) is 18.2 Å². The smallest absolute Gasteiger partial charge is 0.238 e. The van der Waals surface area contributed by atoms with Crippen LogP contribution in [-0.2, 0) is 9.53 Å². The van der Waals surface area contributed by atoms with Crippen LogP contribution in [0.2, 0.25) is 0 Å². The summed E-state index contributed by atoms with van der Waals surface area (Å²) >= 11 is 0. The second kappa shape index (κ2) is 6.24. The summed E-state index contributed by atoms with van der Waals surface area (Å²) in [6.45, 7) is 5.08. The monoisotopic (exact) mass is 277 g/mol. The van der Waals surface area contributed by atoms with Crippen LogP contribution in [0.4, 0.5) is 11.4 Å². The lowest BCUT2D eigenvalue weighted by Gasteiger charge is -2.26. The van der Waals surface area contributed by atoms with Crippen molar-refractivity contribution < 1.29 is 9.53 Å². The number of nitrogens with one attached hydrogen (secondary N) is 1. The van der Waals surface area contributed by atoms with Crippen molar-refractivity contribution in [3.05, 3.63) is 23.8 Å². The van der Waals surface area contributed by atoms with Crippen molar-refractivity contribution in [2.24, 2.45) is 0 Å². The molecule has 20 heavy (non-hydrogen) atoms. The number of hydrogen-bond acceptors (Lipinski definition) is 4. The molecule has 0 bridgehead atoms. The van der Waals surface area contributed by atoms with E-state index in [4.69, 9.17) is 10.5 Å². The van der Waals surface area contributed by atoms with Gasteiger partial charge in [-0.2, -0.15) is 0 Å². The molecule has 1 amide bonds. The third-order valence-electron chi connectivity index (χ3n) is 3.95. The summed E-state index contributed by atoms with van der Waals surface area (Å²) in [6, 6.07) is 5.84. The maximum absolute atomic E-state index is 12.1. The topological polar surface area (TPSA) is 67.6 Å². The molecule has 1 aliphatic heterocycles. The SMILES string of the molecule is Cc1c(N)cccc1NC(=O)CN(C)C1CCOC1C. The molecule has 3 N–H and O–H groups in total. The van der Waals surface area contributed by atoms with E-state index in [1.54, 1.807) is 0 Å². The van der Waals surface area contributed by atoms with Crippen LogP contribution in [0.3, 0.4) is 0 Å². The Bertz CT molecular complexity index is 490. The molecule has 0 saturated carbocycles. The summed E-state index contributed by atoms with van der Waals surface area (Å²) < 4.78 is 5.53. The lowest BCUT2D eigenvalue weighted by atomic mass is 10.1. The van der Waals surface area contributed by atoms with Crippen LogP contribution in [-0.4, -0.2) is 43.2 Å². The number of anilines is 2.